The van der Waals surface area contributed by atoms with Gasteiger partial charge in [0.05, 0.1) is 37.2 Å². The van der Waals surface area contributed by atoms with Crippen molar-refractivity contribution in [3.8, 4) is 0 Å². The van der Waals surface area contributed by atoms with Crippen LogP contribution in [0.4, 0.5) is 33.7 Å². The average molecular weight is 559 g/mol. The molecule has 0 radical (unpaired) electrons. The standard InChI is InChI=1S/C26H23F5N8O/c27-17-4-5-18-21(20(17)28)35-19(34-18)13-32-23-22-24(37-25(36-23)38-8-10-40-11-9-38)39(14-33-22)7-6-15-2-1-3-16(12-15)26(29,30)31/h1-5,12,14H,6-11,13H2,(H,34,35)(H,32,36,37). The number of aromatic amines is 1. The van der Waals surface area contributed by atoms with Gasteiger partial charge in [0.15, 0.2) is 28.6 Å². The van der Waals surface area contributed by atoms with Crippen molar-refractivity contribution in [2.45, 2.75) is 25.7 Å². The Morgan fingerprint density at radius 1 is 1.00 bits per heavy atom. The third-order valence-corrected chi connectivity index (χ3v) is 6.66. The van der Waals surface area contributed by atoms with Crippen molar-refractivity contribution in [3.63, 3.8) is 0 Å². The van der Waals surface area contributed by atoms with E-state index in [4.69, 9.17) is 9.72 Å². The highest BCUT2D eigenvalue weighted by molar-refractivity contribution is 5.84. The van der Waals surface area contributed by atoms with Gasteiger partial charge >= 0.3 is 6.18 Å². The van der Waals surface area contributed by atoms with Gasteiger partial charge < -0.3 is 24.5 Å². The average Bonchev–Trinajstić information content (AvgIpc) is 3.57. The molecule has 1 aliphatic rings. The van der Waals surface area contributed by atoms with E-state index in [1.54, 1.807) is 17.0 Å². The zero-order chi connectivity index (χ0) is 27.9. The van der Waals surface area contributed by atoms with Crippen molar-refractivity contribution in [1.82, 2.24) is 29.5 Å². The molecule has 40 heavy (non-hydrogen) atoms. The fourth-order valence-corrected chi connectivity index (χ4v) is 4.60. The second-order valence-corrected chi connectivity index (χ2v) is 9.32. The Hall–Kier alpha value is -4.33. The van der Waals surface area contributed by atoms with Gasteiger partial charge in [0, 0.05) is 19.6 Å². The molecular formula is C26H23F5N8O. The lowest BCUT2D eigenvalue weighted by Crippen LogP contribution is -2.37. The molecule has 1 saturated heterocycles. The Morgan fingerprint density at radius 2 is 1.82 bits per heavy atom. The van der Waals surface area contributed by atoms with Crippen LogP contribution < -0.4 is 10.2 Å². The highest BCUT2D eigenvalue weighted by Gasteiger charge is 2.30. The maximum Gasteiger partial charge on any atom is 0.416 e. The maximum atomic E-state index is 14.1. The van der Waals surface area contributed by atoms with Crippen LogP contribution >= 0.6 is 0 Å². The van der Waals surface area contributed by atoms with Gasteiger partial charge in [-0.15, -0.1) is 0 Å². The van der Waals surface area contributed by atoms with Crippen molar-refractivity contribution >= 4 is 34.0 Å². The largest absolute Gasteiger partial charge is 0.416 e. The van der Waals surface area contributed by atoms with Crippen LogP contribution in [0, 0.1) is 11.6 Å². The molecule has 0 unspecified atom stereocenters. The molecule has 0 amide bonds. The second kappa shape index (κ2) is 10.3. The molecule has 1 fully saturated rings. The third-order valence-electron chi connectivity index (χ3n) is 6.66. The number of hydrogen-bond acceptors (Lipinski definition) is 7. The number of nitrogens with zero attached hydrogens (tertiary/aromatic N) is 6. The molecule has 9 nitrogen and oxygen atoms in total. The summed E-state index contributed by atoms with van der Waals surface area (Å²) in [6.07, 6.45) is -2.52. The van der Waals surface area contributed by atoms with Crippen molar-refractivity contribution in [3.05, 3.63) is 71.3 Å². The third kappa shape index (κ3) is 5.13. The van der Waals surface area contributed by atoms with E-state index in [1.165, 1.54) is 12.1 Å². The van der Waals surface area contributed by atoms with Gasteiger partial charge in [-0.2, -0.15) is 23.1 Å². The lowest BCUT2D eigenvalue weighted by molar-refractivity contribution is -0.137. The zero-order valence-corrected chi connectivity index (χ0v) is 21.0. The zero-order valence-electron chi connectivity index (χ0n) is 21.0. The first-order chi connectivity index (χ1) is 19.3. The minimum absolute atomic E-state index is 0.0995. The Bertz CT molecular complexity index is 1680. The molecule has 0 saturated carbocycles. The highest BCUT2D eigenvalue weighted by atomic mass is 19.4. The second-order valence-electron chi connectivity index (χ2n) is 9.32. The molecule has 6 rings (SSSR count). The lowest BCUT2D eigenvalue weighted by Gasteiger charge is -2.27. The van der Waals surface area contributed by atoms with Gasteiger partial charge in [0.2, 0.25) is 5.95 Å². The number of ether oxygens (including phenoxy) is 1. The van der Waals surface area contributed by atoms with E-state index in [1.807, 2.05) is 4.90 Å². The molecule has 1 aliphatic heterocycles. The molecule has 0 spiro atoms. The molecule has 208 valence electrons. The predicted octanol–water partition coefficient (Wildman–Crippen LogP) is 4.69. The van der Waals surface area contributed by atoms with E-state index >= 15 is 0 Å². The molecule has 2 N–H and O–H groups in total. The van der Waals surface area contributed by atoms with Gasteiger partial charge in [-0.3, -0.25) is 0 Å². The van der Waals surface area contributed by atoms with Crippen LogP contribution in [0.5, 0.6) is 0 Å². The monoisotopic (exact) mass is 558 g/mol. The predicted molar refractivity (Wildman–Crippen MR) is 137 cm³/mol. The summed E-state index contributed by atoms with van der Waals surface area (Å²) in [6, 6.07) is 7.67. The summed E-state index contributed by atoms with van der Waals surface area (Å²) in [5.74, 6) is -0.809. The Morgan fingerprint density at radius 3 is 2.62 bits per heavy atom. The minimum atomic E-state index is -4.42. The van der Waals surface area contributed by atoms with Crippen molar-refractivity contribution in [2.24, 2.45) is 0 Å². The van der Waals surface area contributed by atoms with Gasteiger partial charge in [0.1, 0.15) is 11.3 Å². The quantitative estimate of drug-likeness (QED) is 0.280. The number of alkyl halides is 3. The fourth-order valence-electron chi connectivity index (χ4n) is 4.60. The fraction of sp³-hybridized carbons (Fsp3) is 0.308. The summed E-state index contributed by atoms with van der Waals surface area (Å²) in [4.78, 5) is 23.0. The molecule has 0 aliphatic carbocycles. The number of nitrogens with one attached hydrogen (secondary N) is 2. The van der Waals surface area contributed by atoms with Crippen molar-refractivity contribution in [1.29, 1.82) is 0 Å². The van der Waals surface area contributed by atoms with E-state index in [2.05, 4.69) is 25.3 Å². The molecule has 2 aromatic carbocycles. The van der Waals surface area contributed by atoms with Crippen molar-refractivity contribution < 1.29 is 26.7 Å². The van der Waals surface area contributed by atoms with Crippen LogP contribution in [-0.2, 0) is 30.4 Å². The van der Waals surface area contributed by atoms with E-state index in [0.717, 1.165) is 18.2 Å². The number of aryl methyl sites for hydroxylation is 2. The number of rotatable bonds is 7. The maximum absolute atomic E-state index is 14.1. The highest BCUT2D eigenvalue weighted by Crippen LogP contribution is 2.30. The Balaban J connectivity index is 1.29. The first-order valence-electron chi connectivity index (χ1n) is 12.5. The number of morpholine rings is 1. The number of benzene rings is 2. The number of fused-ring (bicyclic) bond motifs is 2. The SMILES string of the molecule is Fc1ccc2[nH]c(CNc3nc(N4CCOCC4)nc4c3ncn4CCc3cccc(C(F)(F)F)c3)nc2c1F. The molecule has 0 atom stereocenters. The summed E-state index contributed by atoms with van der Waals surface area (Å²) >= 11 is 0. The number of H-pyrrole nitrogens is 1. The number of hydrogen-bond donors (Lipinski definition) is 2. The van der Waals surface area contributed by atoms with Gasteiger partial charge in [-0.1, -0.05) is 18.2 Å². The van der Waals surface area contributed by atoms with Gasteiger partial charge in [0.25, 0.3) is 0 Å². The smallest absolute Gasteiger partial charge is 0.378 e. The Labute approximate surface area is 224 Å². The normalized spacial score (nSPS) is 14.4. The van der Waals surface area contributed by atoms with E-state index < -0.39 is 23.4 Å². The summed E-state index contributed by atoms with van der Waals surface area (Å²) in [5, 5.41) is 3.17. The van der Waals surface area contributed by atoms with Gasteiger partial charge in [-0.25, -0.2) is 18.7 Å². The number of halogens is 5. The van der Waals surface area contributed by atoms with Crippen molar-refractivity contribution in [2.75, 3.05) is 36.5 Å². The van der Waals surface area contributed by atoms with Gasteiger partial charge in [-0.05, 0) is 30.2 Å². The summed E-state index contributed by atoms with van der Waals surface area (Å²) in [7, 11) is 0. The van der Waals surface area contributed by atoms with Crippen LogP contribution in [0.15, 0.2) is 42.7 Å². The van der Waals surface area contributed by atoms with E-state index in [-0.39, 0.29) is 12.1 Å². The first-order valence-corrected chi connectivity index (χ1v) is 12.5. The topological polar surface area (TPSA) is 96.8 Å². The molecule has 3 aromatic heterocycles. The van der Waals surface area contributed by atoms with Crippen LogP contribution in [0.3, 0.4) is 0 Å². The molecular weight excluding hydrogens is 535 g/mol. The lowest BCUT2D eigenvalue weighted by atomic mass is 10.1. The van der Waals surface area contributed by atoms with Crippen LogP contribution in [0.25, 0.3) is 22.2 Å². The summed E-state index contributed by atoms with van der Waals surface area (Å²) in [6.45, 7) is 2.64. The number of imidazole rings is 2. The molecule has 0 bridgehead atoms. The number of anilines is 2. The van der Waals surface area contributed by atoms with Crippen LogP contribution in [0.1, 0.15) is 17.0 Å². The molecule has 14 heteroatoms. The summed E-state index contributed by atoms with van der Waals surface area (Å²) in [5.41, 5.74) is 1.05. The van der Waals surface area contributed by atoms with E-state index in [0.29, 0.717) is 79.1 Å². The first kappa shape index (κ1) is 25.9. The molecule has 4 heterocycles. The number of aromatic nitrogens is 6. The minimum Gasteiger partial charge on any atom is -0.378 e. The van der Waals surface area contributed by atoms with Crippen LogP contribution in [-0.4, -0.2) is 55.8 Å². The van der Waals surface area contributed by atoms with Crippen LogP contribution in [0.2, 0.25) is 0 Å². The Kier molecular flexibility index (Phi) is 6.70. The summed E-state index contributed by atoms with van der Waals surface area (Å²) < 4.78 is 74.4. The van der Waals surface area contributed by atoms with E-state index in [9.17, 15) is 22.0 Å². The molecule has 5 aromatic rings.